The Balaban J connectivity index is 1.65. The summed E-state index contributed by atoms with van der Waals surface area (Å²) in [5.41, 5.74) is 2.81. The highest BCUT2D eigenvalue weighted by Gasteiger charge is 2.24. The van der Waals surface area contributed by atoms with Crippen LogP contribution in [0.3, 0.4) is 0 Å². The summed E-state index contributed by atoms with van der Waals surface area (Å²) in [6.45, 7) is 0. The van der Waals surface area contributed by atoms with Gasteiger partial charge in [0.2, 0.25) is 0 Å². The molecule has 25 heavy (non-hydrogen) atoms. The predicted octanol–water partition coefficient (Wildman–Crippen LogP) is 4.72. The van der Waals surface area contributed by atoms with Gasteiger partial charge in [-0.1, -0.05) is 35.9 Å². The minimum atomic E-state index is -0.143. The first-order chi connectivity index (χ1) is 12.1. The fourth-order valence-corrected chi connectivity index (χ4v) is 3.74. The number of aromatic nitrogens is 1. The molecule has 1 saturated heterocycles. The normalized spacial score (nSPS) is 17.6. The van der Waals surface area contributed by atoms with Crippen LogP contribution >= 0.6 is 23.4 Å². The summed E-state index contributed by atoms with van der Waals surface area (Å²) in [4.78, 5) is 17.3. The molecule has 4 nitrogen and oxygen atoms in total. The molecular weight excluding hydrogens is 354 g/mol. The SMILES string of the molecule is Cn1c(/C=C2/SC(=Nc3cccc(Cl)c3)NC2=O)cc2ccccc21. The van der Waals surface area contributed by atoms with Crippen LogP contribution in [0.15, 0.2) is 64.5 Å². The fraction of sp³-hybridized carbons (Fsp3) is 0.0526. The highest BCUT2D eigenvalue weighted by atomic mass is 35.5. The van der Waals surface area contributed by atoms with Crippen molar-refractivity contribution < 1.29 is 4.79 Å². The molecule has 1 aliphatic heterocycles. The molecule has 0 atom stereocenters. The van der Waals surface area contributed by atoms with Crippen molar-refractivity contribution in [2.75, 3.05) is 0 Å². The van der Waals surface area contributed by atoms with E-state index in [4.69, 9.17) is 11.6 Å². The van der Waals surface area contributed by atoms with E-state index in [2.05, 4.69) is 33.1 Å². The average molecular weight is 368 g/mol. The van der Waals surface area contributed by atoms with Gasteiger partial charge in [-0.25, -0.2) is 4.99 Å². The molecule has 0 saturated carbocycles. The summed E-state index contributed by atoms with van der Waals surface area (Å²) < 4.78 is 2.07. The van der Waals surface area contributed by atoms with E-state index in [0.717, 1.165) is 16.6 Å². The number of carbonyl (C=O) groups excluding carboxylic acids is 1. The number of hydrogen-bond donors (Lipinski definition) is 1. The van der Waals surface area contributed by atoms with E-state index in [0.29, 0.717) is 20.8 Å². The molecule has 124 valence electrons. The van der Waals surface area contributed by atoms with Crippen molar-refractivity contribution in [2.24, 2.45) is 12.0 Å². The Bertz CT molecular complexity index is 1050. The van der Waals surface area contributed by atoms with E-state index in [9.17, 15) is 4.79 Å². The van der Waals surface area contributed by atoms with Gasteiger partial charge in [-0.3, -0.25) is 4.79 Å². The number of benzene rings is 2. The number of rotatable bonds is 2. The van der Waals surface area contributed by atoms with Gasteiger partial charge in [0.1, 0.15) is 0 Å². The number of thioether (sulfide) groups is 1. The van der Waals surface area contributed by atoms with Gasteiger partial charge in [-0.15, -0.1) is 0 Å². The molecule has 1 amide bonds. The molecule has 0 bridgehead atoms. The minimum Gasteiger partial charge on any atom is -0.344 e. The molecule has 4 rings (SSSR count). The number of halogens is 1. The van der Waals surface area contributed by atoms with Crippen molar-refractivity contribution in [1.82, 2.24) is 9.88 Å². The maximum absolute atomic E-state index is 12.3. The number of carbonyl (C=O) groups is 1. The number of nitrogens with one attached hydrogen (secondary N) is 1. The number of fused-ring (bicyclic) bond motifs is 1. The van der Waals surface area contributed by atoms with Crippen molar-refractivity contribution in [1.29, 1.82) is 0 Å². The van der Waals surface area contributed by atoms with Gasteiger partial charge in [0.15, 0.2) is 5.17 Å². The summed E-state index contributed by atoms with van der Waals surface area (Å²) in [5, 5.41) is 5.11. The van der Waals surface area contributed by atoms with Gasteiger partial charge < -0.3 is 9.88 Å². The van der Waals surface area contributed by atoms with Crippen LogP contribution in [0.5, 0.6) is 0 Å². The van der Waals surface area contributed by atoms with E-state index in [-0.39, 0.29) is 5.91 Å². The van der Waals surface area contributed by atoms with Crippen LogP contribution in [-0.2, 0) is 11.8 Å². The largest absolute Gasteiger partial charge is 0.344 e. The maximum atomic E-state index is 12.3. The molecule has 0 unspecified atom stereocenters. The summed E-state index contributed by atoms with van der Waals surface area (Å²) >= 11 is 7.30. The molecule has 1 fully saturated rings. The zero-order valence-electron chi connectivity index (χ0n) is 13.4. The van der Waals surface area contributed by atoms with E-state index in [1.54, 1.807) is 12.1 Å². The zero-order valence-corrected chi connectivity index (χ0v) is 14.9. The molecular formula is C19H14ClN3OS. The number of amidine groups is 1. The second-order valence-electron chi connectivity index (χ2n) is 5.65. The number of amides is 1. The topological polar surface area (TPSA) is 46.4 Å². The molecule has 3 aromatic rings. The lowest BCUT2D eigenvalue weighted by atomic mass is 10.2. The van der Waals surface area contributed by atoms with Crippen molar-refractivity contribution >= 4 is 57.1 Å². The molecule has 0 radical (unpaired) electrons. The van der Waals surface area contributed by atoms with Crippen molar-refractivity contribution in [3.8, 4) is 0 Å². The summed E-state index contributed by atoms with van der Waals surface area (Å²) in [7, 11) is 1.99. The summed E-state index contributed by atoms with van der Waals surface area (Å²) in [6.07, 6.45) is 1.89. The monoisotopic (exact) mass is 367 g/mol. The van der Waals surface area contributed by atoms with Gasteiger partial charge in [-0.2, -0.15) is 0 Å². The van der Waals surface area contributed by atoms with Gasteiger partial charge >= 0.3 is 0 Å². The first-order valence-electron chi connectivity index (χ1n) is 7.70. The molecule has 0 spiro atoms. The lowest BCUT2D eigenvalue weighted by molar-refractivity contribution is -0.115. The van der Waals surface area contributed by atoms with Crippen LogP contribution in [0.25, 0.3) is 17.0 Å². The van der Waals surface area contributed by atoms with Crippen molar-refractivity contribution in [3.63, 3.8) is 0 Å². The average Bonchev–Trinajstić information content (AvgIpc) is 3.09. The highest BCUT2D eigenvalue weighted by Crippen LogP contribution is 2.30. The third-order valence-electron chi connectivity index (χ3n) is 3.96. The van der Waals surface area contributed by atoms with Crippen LogP contribution in [0.1, 0.15) is 5.69 Å². The molecule has 2 heterocycles. The standard InChI is InChI=1S/C19H14ClN3OS/c1-23-15(9-12-5-2-3-8-16(12)23)11-17-18(24)22-19(25-17)21-14-7-4-6-13(20)10-14/h2-11H,1H3,(H,21,22,24)/b17-11+. The Kier molecular flexibility index (Phi) is 4.11. The lowest BCUT2D eigenvalue weighted by Crippen LogP contribution is -2.19. The number of para-hydroxylation sites is 1. The van der Waals surface area contributed by atoms with E-state index in [1.165, 1.54) is 11.8 Å². The number of nitrogens with zero attached hydrogens (tertiary/aromatic N) is 2. The predicted molar refractivity (Wildman–Crippen MR) is 105 cm³/mol. The van der Waals surface area contributed by atoms with Crippen molar-refractivity contribution in [2.45, 2.75) is 0 Å². The first kappa shape index (κ1) is 16.0. The number of hydrogen-bond acceptors (Lipinski definition) is 3. The summed E-state index contributed by atoms with van der Waals surface area (Å²) in [5.74, 6) is -0.143. The van der Waals surface area contributed by atoms with E-state index < -0.39 is 0 Å². The molecule has 0 aliphatic carbocycles. The molecule has 6 heteroatoms. The minimum absolute atomic E-state index is 0.143. The van der Waals surface area contributed by atoms with Crippen LogP contribution in [0.4, 0.5) is 5.69 Å². The fourth-order valence-electron chi connectivity index (χ4n) is 2.73. The molecule has 2 aromatic carbocycles. The van der Waals surface area contributed by atoms with Gasteiger partial charge in [0.25, 0.3) is 5.91 Å². The van der Waals surface area contributed by atoms with E-state index in [1.807, 2.05) is 37.4 Å². The molecule has 1 aromatic heterocycles. The van der Waals surface area contributed by atoms with E-state index >= 15 is 0 Å². The smallest absolute Gasteiger partial charge is 0.264 e. The summed E-state index contributed by atoms with van der Waals surface area (Å²) in [6, 6.07) is 17.4. The Morgan fingerprint density at radius 1 is 1.16 bits per heavy atom. The van der Waals surface area contributed by atoms with Gasteiger partial charge in [0, 0.05) is 28.7 Å². The second kappa shape index (κ2) is 6.43. The van der Waals surface area contributed by atoms with Crippen LogP contribution < -0.4 is 5.32 Å². The number of aryl methyl sites for hydroxylation is 1. The molecule has 1 aliphatic rings. The Morgan fingerprint density at radius 3 is 2.80 bits per heavy atom. The Hall–Kier alpha value is -2.50. The lowest BCUT2D eigenvalue weighted by Gasteiger charge is -1.99. The highest BCUT2D eigenvalue weighted by molar-refractivity contribution is 8.18. The Labute approximate surface area is 154 Å². The van der Waals surface area contributed by atoms with Crippen LogP contribution in [0, 0.1) is 0 Å². The van der Waals surface area contributed by atoms with Crippen molar-refractivity contribution in [3.05, 3.63) is 70.2 Å². The van der Waals surface area contributed by atoms with Gasteiger partial charge in [0.05, 0.1) is 10.6 Å². The Morgan fingerprint density at radius 2 is 2.00 bits per heavy atom. The van der Waals surface area contributed by atoms with Gasteiger partial charge in [-0.05, 0) is 48.2 Å². The third kappa shape index (κ3) is 3.21. The quantitative estimate of drug-likeness (QED) is 0.666. The third-order valence-corrected chi connectivity index (χ3v) is 5.10. The second-order valence-corrected chi connectivity index (χ2v) is 7.12. The van der Waals surface area contributed by atoms with Crippen LogP contribution in [-0.4, -0.2) is 15.6 Å². The number of aliphatic imine (C=N–C) groups is 1. The van der Waals surface area contributed by atoms with Crippen LogP contribution in [0.2, 0.25) is 5.02 Å². The molecule has 1 N–H and O–H groups in total. The first-order valence-corrected chi connectivity index (χ1v) is 8.89. The maximum Gasteiger partial charge on any atom is 0.264 e. The zero-order chi connectivity index (χ0) is 17.4.